The van der Waals surface area contributed by atoms with Crippen LogP contribution in [-0.4, -0.2) is 69.9 Å². The van der Waals surface area contributed by atoms with Gasteiger partial charge < -0.3 is 20.1 Å². The minimum absolute atomic E-state index is 0.0228. The molecule has 0 bridgehead atoms. The molecule has 0 amide bonds. The summed E-state index contributed by atoms with van der Waals surface area (Å²) >= 11 is 6.08. The standard InChI is InChI=1S/C19H31ClN4O2/c1-19(2,24-8-10-26-11-9-24)14-23-18(21-3)22-13-17(25-4)15-6-5-7-16(20)12-15/h5-7,12,17H,8-11,13-14H2,1-4H3,(H2,21,22,23). The SMILES string of the molecule is CN=C(NCC(OC)c1cccc(Cl)c1)NCC(C)(C)N1CCOCC1. The lowest BCUT2D eigenvalue weighted by Crippen LogP contribution is -2.56. The van der Waals surface area contributed by atoms with E-state index in [-0.39, 0.29) is 11.6 Å². The highest BCUT2D eigenvalue weighted by Crippen LogP contribution is 2.20. The van der Waals surface area contributed by atoms with Crippen molar-refractivity contribution in [3.8, 4) is 0 Å². The van der Waals surface area contributed by atoms with Crippen molar-refractivity contribution in [1.29, 1.82) is 0 Å². The van der Waals surface area contributed by atoms with Crippen LogP contribution in [0.25, 0.3) is 0 Å². The van der Waals surface area contributed by atoms with Crippen LogP contribution in [0, 0.1) is 0 Å². The minimum Gasteiger partial charge on any atom is -0.379 e. The van der Waals surface area contributed by atoms with Crippen LogP contribution < -0.4 is 10.6 Å². The molecule has 146 valence electrons. The quantitative estimate of drug-likeness (QED) is 0.559. The van der Waals surface area contributed by atoms with Crippen molar-refractivity contribution in [2.75, 3.05) is 53.6 Å². The number of benzene rings is 1. The number of rotatable bonds is 7. The van der Waals surface area contributed by atoms with Crippen LogP contribution in [0.3, 0.4) is 0 Å². The van der Waals surface area contributed by atoms with E-state index < -0.39 is 0 Å². The van der Waals surface area contributed by atoms with Gasteiger partial charge in [-0.3, -0.25) is 9.89 Å². The molecule has 1 aliphatic heterocycles. The predicted molar refractivity (Wildman–Crippen MR) is 107 cm³/mol. The van der Waals surface area contributed by atoms with Crippen molar-refractivity contribution >= 4 is 17.6 Å². The zero-order valence-corrected chi connectivity index (χ0v) is 17.0. The van der Waals surface area contributed by atoms with Crippen molar-refractivity contribution in [3.63, 3.8) is 0 Å². The van der Waals surface area contributed by atoms with Crippen LogP contribution in [0.2, 0.25) is 5.02 Å². The monoisotopic (exact) mass is 382 g/mol. The van der Waals surface area contributed by atoms with Crippen molar-refractivity contribution in [3.05, 3.63) is 34.9 Å². The molecule has 1 aromatic carbocycles. The molecule has 1 fully saturated rings. The van der Waals surface area contributed by atoms with Crippen LogP contribution in [0.15, 0.2) is 29.3 Å². The highest BCUT2D eigenvalue weighted by Gasteiger charge is 2.28. The summed E-state index contributed by atoms with van der Waals surface area (Å²) in [5, 5.41) is 7.47. The number of hydrogen-bond donors (Lipinski definition) is 2. The van der Waals surface area contributed by atoms with E-state index in [1.54, 1.807) is 14.2 Å². The average molecular weight is 383 g/mol. The van der Waals surface area contributed by atoms with Gasteiger partial charge in [-0.1, -0.05) is 23.7 Å². The summed E-state index contributed by atoms with van der Waals surface area (Å²) < 4.78 is 11.0. The molecular weight excluding hydrogens is 352 g/mol. The van der Waals surface area contributed by atoms with Gasteiger partial charge in [0, 0.05) is 50.9 Å². The van der Waals surface area contributed by atoms with Gasteiger partial charge in [0.25, 0.3) is 0 Å². The first-order valence-corrected chi connectivity index (χ1v) is 9.39. The van der Waals surface area contributed by atoms with E-state index in [0.29, 0.717) is 11.6 Å². The first-order chi connectivity index (χ1) is 12.5. The van der Waals surface area contributed by atoms with E-state index in [1.165, 1.54) is 0 Å². The summed E-state index contributed by atoms with van der Waals surface area (Å²) in [4.78, 5) is 6.77. The maximum absolute atomic E-state index is 6.08. The Balaban J connectivity index is 1.86. The molecule has 0 saturated carbocycles. The lowest BCUT2D eigenvalue weighted by atomic mass is 10.0. The number of nitrogens with one attached hydrogen (secondary N) is 2. The number of ether oxygens (including phenoxy) is 2. The highest BCUT2D eigenvalue weighted by atomic mass is 35.5. The first kappa shape index (κ1) is 21.0. The second kappa shape index (κ2) is 10.1. The summed E-state index contributed by atoms with van der Waals surface area (Å²) in [7, 11) is 3.48. The molecule has 0 aromatic heterocycles. The summed E-state index contributed by atoms with van der Waals surface area (Å²) in [6.45, 7) is 9.39. The summed E-state index contributed by atoms with van der Waals surface area (Å²) in [5.41, 5.74) is 1.06. The number of hydrogen-bond acceptors (Lipinski definition) is 4. The Bertz CT molecular complexity index is 589. The minimum atomic E-state index is -0.0977. The molecule has 7 heteroatoms. The second-order valence-corrected chi connectivity index (χ2v) is 7.43. The molecule has 1 heterocycles. The normalized spacial score (nSPS) is 17.8. The van der Waals surface area contributed by atoms with Crippen LogP contribution in [0.4, 0.5) is 0 Å². The Kier molecular flexibility index (Phi) is 8.15. The number of aliphatic imine (C=N–C) groups is 1. The maximum atomic E-state index is 6.08. The van der Waals surface area contributed by atoms with Crippen LogP contribution in [0.5, 0.6) is 0 Å². The Morgan fingerprint density at radius 2 is 2.08 bits per heavy atom. The summed E-state index contributed by atoms with van der Waals surface area (Å²) in [6, 6.07) is 7.73. The number of morpholine rings is 1. The van der Waals surface area contributed by atoms with E-state index >= 15 is 0 Å². The van der Waals surface area contributed by atoms with Gasteiger partial charge in [-0.2, -0.15) is 0 Å². The average Bonchev–Trinajstić information content (AvgIpc) is 2.65. The summed E-state index contributed by atoms with van der Waals surface area (Å²) in [5.74, 6) is 0.760. The lowest BCUT2D eigenvalue weighted by molar-refractivity contribution is -0.00835. The fourth-order valence-electron chi connectivity index (χ4n) is 3.03. The topological polar surface area (TPSA) is 58.1 Å². The molecule has 1 aliphatic rings. The third-order valence-corrected chi connectivity index (χ3v) is 4.97. The molecule has 1 atom stereocenters. The molecule has 6 nitrogen and oxygen atoms in total. The van der Waals surface area contributed by atoms with Crippen molar-refractivity contribution in [1.82, 2.24) is 15.5 Å². The first-order valence-electron chi connectivity index (χ1n) is 9.02. The van der Waals surface area contributed by atoms with E-state index in [9.17, 15) is 0 Å². The Hall–Kier alpha value is -1.34. The molecule has 1 saturated heterocycles. The van der Waals surface area contributed by atoms with E-state index in [0.717, 1.165) is 44.4 Å². The molecule has 0 spiro atoms. The van der Waals surface area contributed by atoms with Crippen LogP contribution in [-0.2, 0) is 9.47 Å². The molecule has 0 aliphatic carbocycles. The molecule has 1 aromatic rings. The number of guanidine groups is 1. The Morgan fingerprint density at radius 1 is 1.35 bits per heavy atom. The fraction of sp³-hybridized carbons (Fsp3) is 0.632. The smallest absolute Gasteiger partial charge is 0.191 e. The van der Waals surface area contributed by atoms with Gasteiger partial charge >= 0.3 is 0 Å². The Morgan fingerprint density at radius 3 is 2.69 bits per heavy atom. The van der Waals surface area contributed by atoms with Gasteiger partial charge in [0.1, 0.15) is 0 Å². The van der Waals surface area contributed by atoms with Gasteiger partial charge in [0.2, 0.25) is 0 Å². The molecule has 2 rings (SSSR count). The van der Waals surface area contributed by atoms with Crippen LogP contribution in [0.1, 0.15) is 25.5 Å². The lowest BCUT2D eigenvalue weighted by Gasteiger charge is -2.41. The molecule has 1 unspecified atom stereocenters. The van der Waals surface area contributed by atoms with Crippen LogP contribution >= 0.6 is 11.6 Å². The molecule has 26 heavy (non-hydrogen) atoms. The third kappa shape index (κ3) is 6.13. The van der Waals surface area contributed by atoms with Gasteiger partial charge in [0.15, 0.2) is 5.96 Å². The van der Waals surface area contributed by atoms with E-state index in [1.807, 2.05) is 24.3 Å². The van der Waals surface area contributed by atoms with E-state index in [4.69, 9.17) is 21.1 Å². The number of nitrogens with zero attached hydrogens (tertiary/aromatic N) is 2. The highest BCUT2D eigenvalue weighted by molar-refractivity contribution is 6.30. The Labute approximate surface area is 161 Å². The molecule has 0 radical (unpaired) electrons. The second-order valence-electron chi connectivity index (χ2n) is 7.00. The van der Waals surface area contributed by atoms with Gasteiger partial charge in [-0.05, 0) is 31.5 Å². The zero-order chi connectivity index (χ0) is 19.0. The van der Waals surface area contributed by atoms with Crippen molar-refractivity contribution in [2.45, 2.75) is 25.5 Å². The third-order valence-electron chi connectivity index (χ3n) is 4.74. The van der Waals surface area contributed by atoms with Gasteiger partial charge in [-0.15, -0.1) is 0 Å². The van der Waals surface area contributed by atoms with Crippen molar-refractivity contribution in [2.24, 2.45) is 4.99 Å². The molecule has 2 N–H and O–H groups in total. The fourth-order valence-corrected chi connectivity index (χ4v) is 3.23. The predicted octanol–water partition coefficient (Wildman–Crippen LogP) is 2.30. The van der Waals surface area contributed by atoms with E-state index in [2.05, 4.69) is 34.4 Å². The summed E-state index contributed by atoms with van der Waals surface area (Å²) in [6.07, 6.45) is -0.0977. The number of halogens is 1. The van der Waals surface area contributed by atoms with Crippen molar-refractivity contribution < 1.29 is 9.47 Å². The molecular formula is C19H31ClN4O2. The maximum Gasteiger partial charge on any atom is 0.191 e. The van der Waals surface area contributed by atoms with Gasteiger partial charge in [-0.25, -0.2) is 0 Å². The number of methoxy groups -OCH3 is 1. The van der Waals surface area contributed by atoms with Gasteiger partial charge in [0.05, 0.1) is 19.3 Å². The largest absolute Gasteiger partial charge is 0.379 e. The zero-order valence-electron chi connectivity index (χ0n) is 16.2.